The maximum atomic E-state index is 14.2. The van der Waals surface area contributed by atoms with Gasteiger partial charge in [-0.15, -0.1) is 0 Å². The molecule has 4 aromatic rings. The van der Waals surface area contributed by atoms with E-state index in [0.717, 1.165) is 73.0 Å². The molecule has 0 amide bonds. The highest BCUT2D eigenvalue weighted by Gasteiger charge is 2.43. The van der Waals surface area contributed by atoms with E-state index in [4.69, 9.17) is 19.7 Å². The highest BCUT2D eigenvalue weighted by Crippen LogP contribution is 2.50. The Morgan fingerprint density at radius 3 is 2.61 bits per heavy atom. The molecule has 44 heavy (non-hydrogen) atoms. The SMILES string of the molecule is N#CCC1(Cn2c(CN3CCC(Oc4cccc(COc5ccc(C#N)cc5F)c4)CC3)nc3ccc(C(=O)O)cc32)CC1. The fourth-order valence-corrected chi connectivity index (χ4v) is 5.81. The van der Waals surface area contributed by atoms with Crippen molar-refractivity contribution in [1.29, 1.82) is 10.5 Å². The number of aromatic carboxylic acids is 1. The third kappa shape index (κ3) is 6.51. The lowest BCUT2D eigenvalue weighted by atomic mass is 10.0. The molecule has 0 spiro atoms. The molecule has 1 saturated carbocycles. The highest BCUT2D eigenvalue weighted by atomic mass is 19.1. The smallest absolute Gasteiger partial charge is 0.335 e. The van der Waals surface area contributed by atoms with E-state index in [1.807, 2.05) is 30.3 Å². The molecule has 224 valence electrons. The molecule has 0 radical (unpaired) electrons. The first-order chi connectivity index (χ1) is 21.3. The van der Waals surface area contributed by atoms with Gasteiger partial charge in [-0.2, -0.15) is 10.5 Å². The van der Waals surface area contributed by atoms with Gasteiger partial charge >= 0.3 is 5.97 Å². The normalized spacial score (nSPS) is 16.2. The van der Waals surface area contributed by atoms with Crippen molar-refractivity contribution in [2.75, 3.05) is 13.1 Å². The number of halogens is 1. The molecule has 6 rings (SSSR count). The largest absolute Gasteiger partial charge is 0.490 e. The molecule has 1 aromatic heterocycles. The number of carbonyl (C=O) groups is 1. The van der Waals surface area contributed by atoms with Gasteiger partial charge in [0.1, 0.15) is 24.3 Å². The fraction of sp³-hybridized carbons (Fsp3) is 0.353. The number of rotatable bonds is 11. The van der Waals surface area contributed by atoms with Gasteiger partial charge in [0.05, 0.1) is 40.8 Å². The molecular formula is C34H32FN5O4. The molecule has 1 saturated heterocycles. The first-order valence-electron chi connectivity index (χ1n) is 14.7. The lowest BCUT2D eigenvalue weighted by molar-refractivity contribution is 0.0697. The van der Waals surface area contributed by atoms with Crippen molar-refractivity contribution in [3.63, 3.8) is 0 Å². The minimum Gasteiger partial charge on any atom is -0.490 e. The van der Waals surface area contributed by atoms with Crippen LogP contribution in [0.1, 0.15) is 59.4 Å². The van der Waals surface area contributed by atoms with Crippen molar-refractivity contribution in [2.45, 2.75) is 57.9 Å². The van der Waals surface area contributed by atoms with Crippen molar-refractivity contribution >= 4 is 17.0 Å². The van der Waals surface area contributed by atoms with Crippen LogP contribution in [-0.2, 0) is 19.7 Å². The average Bonchev–Trinajstić information content (AvgIpc) is 3.71. The van der Waals surface area contributed by atoms with Crippen LogP contribution in [0.15, 0.2) is 60.7 Å². The maximum Gasteiger partial charge on any atom is 0.335 e. The number of carboxylic acids is 1. The number of nitrogens with zero attached hydrogens (tertiary/aromatic N) is 5. The third-order valence-electron chi connectivity index (χ3n) is 8.54. The van der Waals surface area contributed by atoms with Crippen LogP contribution in [0.5, 0.6) is 11.5 Å². The van der Waals surface area contributed by atoms with E-state index in [-0.39, 0.29) is 35.0 Å². The van der Waals surface area contributed by atoms with Crippen LogP contribution in [0, 0.1) is 33.9 Å². The molecule has 2 heterocycles. The van der Waals surface area contributed by atoms with E-state index >= 15 is 0 Å². The average molecular weight is 594 g/mol. The number of carboxylic acid groups (broad SMARTS) is 1. The van der Waals surface area contributed by atoms with Gasteiger partial charge in [0.25, 0.3) is 0 Å². The number of nitriles is 2. The molecule has 1 aliphatic heterocycles. The summed E-state index contributed by atoms with van der Waals surface area (Å²) in [5.74, 6) is 0.166. The van der Waals surface area contributed by atoms with Gasteiger partial charge in [-0.3, -0.25) is 4.90 Å². The Balaban J connectivity index is 1.08. The zero-order chi connectivity index (χ0) is 30.7. The van der Waals surface area contributed by atoms with Crippen LogP contribution in [0.2, 0.25) is 0 Å². The number of piperidine rings is 1. The Kier molecular flexibility index (Phi) is 8.19. The Morgan fingerprint density at radius 2 is 1.91 bits per heavy atom. The number of fused-ring (bicyclic) bond motifs is 1. The predicted molar refractivity (Wildman–Crippen MR) is 159 cm³/mol. The van der Waals surface area contributed by atoms with Gasteiger partial charge in [0.2, 0.25) is 0 Å². The Morgan fingerprint density at radius 1 is 1.09 bits per heavy atom. The second kappa shape index (κ2) is 12.4. The van der Waals surface area contributed by atoms with E-state index in [9.17, 15) is 19.6 Å². The second-order valence-electron chi connectivity index (χ2n) is 11.7. The summed E-state index contributed by atoms with van der Waals surface area (Å²) in [5.41, 5.74) is 2.82. The zero-order valence-electron chi connectivity index (χ0n) is 24.2. The van der Waals surface area contributed by atoms with Gasteiger partial charge in [0.15, 0.2) is 11.6 Å². The molecule has 2 aliphatic rings. The standard InChI is InChI=1S/C34H32FN5O4/c35-28-17-23(19-37)4-7-31(28)43-21-24-2-1-3-27(16-24)44-26-8-14-39(15-9-26)20-32-38-29-6-5-25(33(41)42)18-30(29)40(32)22-34(10-11-34)12-13-36/h1-7,16-18,26H,8-12,14-15,20-22H2,(H,41,42). The lowest BCUT2D eigenvalue weighted by Crippen LogP contribution is -2.38. The van der Waals surface area contributed by atoms with E-state index in [2.05, 4.69) is 15.5 Å². The monoisotopic (exact) mass is 593 g/mol. The summed E-state index contributed by atoms with van der Waals surface area (Å²) in [7, 11) is 0. The van der Waals surface area contributed by atoms with E-state index < -0.39 is 11.8 Å². The second-order valence-corrected chi connectivity index (χ2v) is 11.7. The van der Waals surface area contributed by atoms with Gasteiger partial charge in [-0.05, 0) is 79.8 Å². The van der Waals surface area contributed by atoms with Crippen molar-refractivity contribution < 1.29 is 23.8 Å². The van der Waals surface area contributed by atoms with Gasteiger partial charge < -0.3 is 19.1 Å². The number of hydrogen-bond acceptors (Lipinski definition) is 7. The molecular weight excluding hydrogens is 561 g/mol. The maximum absolute atomic E-state index is 14.2. The molecule has 0 atom stereocenters. The Hall–Kier alpha value is -4.93. The molecule has 10 heteroatoms. The molecule has 3 aromatic carbocycles. The van der Waals surface area contributed by atoms with E-state index in [1.54, 1.807) is 18.2 Å². The minimum absolute atomic E-state index is 0.0423. The minimum atomic E-state index is -0.973. The lowest BCUT2D eigenvalue weighted by Gasteiger charge is -2.32. The Labute approximate surface area is 254 Å². The van der Waals surface area contributed by atoms with Crippen LogP contribution < -0.4 is 9.47 Å². The topological polar surface area (TPSA) is 124 Å². The summed E-state index contributed by atoms with van der Waals surface area (Å²) in [5, 5.41) is 27.9. The summed E-state index contributed by atoms with van der Waals surface area (Å²) < 4.78 is 28.3. The number of imidazole rings is 1. The molecule has 9 nitrogen and oxygen atoms in total. The van der Waals surface area contributed by atoms with Crippen molar-refractivity contribution in [3.05, 3.63) is 89.0 Å². The fourth-order valence-electron chi connectivity index (χ4n) is 5.81. The zero-order valence-corrected chi connectivity index (χ0v) is 24.2. The summed E-state index contributed by atoms with van der Waals surface area (Å²) in [6.07, 6.45) is 4.16. The number of aromatic nitrogens is 2. The van der Waals surface area contributed by atoms with Crippen LogP contribution >= 0.6 is 0 Å². The predicted octanol–water partition coefficient (Wildman–Crippen LogP) is 6.06. The molecule has 1 N–H and O–H groups in total. The first kappa shape index (κ1) is 29.2. The van der Waals surface area contributed by atoms with Crippen LogP contribution in [0.3, 0.4) is 0 Å². The molecule has 1 aliphatic carbocycles. The highest BCUT2D eigenvalue weighted by molar-refractivity contribution is 5.92. The summed E-state index contributed by atoms with van der Waals surface area (Å²) >= 11 is 0. The molecule has 0 unspecified atom stereocenters. The van der Waals surface area contributed by atoms with Gasteiger partial charge in [-0.25, -0.2) is 14.2 Å². The van der Waals surface area contributed by atoms with Crippen molar-refractivity contribution in [2.24, 2.45) is 5.41 Å². The van der Waals surface area contributed by atoms with Crippen molar-refractivity contribution in [3.8, 4) is 23.6 Å². The van der Waals surface area contributed by atoms with Crippen molar-refractivity contribution in [1.82, 2.24) is 14.5 Å². The third-order valence-corrected chi connectivity index (χ3v) is 8.54. The number of hydrogen-bond donors (Lipinski definition) is 1. The molecule has 0 bridgehead atoms. The van der Waals surface area contributed by atoms with E-state index in [1.165, 1.54) is 12.1 Å². The first-order valence-corrected chi connectivity index (χ1v) is 14.7. The van der Waals surface area contributed by atoms with E-state index in [0.29, 0.717) is 19.5 Å². The quantitative estimate of drug-likeness (QED) is 0.223. The summed E-state index contributed by atoms with van der Waals surface area (Å²) in [4.78, 5) is 18.9. The number of likely N-dealkylation sites (tertiary alicyclic amines) is 1. The van der Waals surface area contributed by atoms with Gasteiger partial charge in [0, 0.05) is 31.5 Å². The van der Waals surface area contributed by atoms with Gasteiger partial charge in [-0.1, -0.05) is 12.1 Å². The summed E-state index contributed by atoms with van der Waals surface area (Å²) in [6, 6.07) is 21.0. The Bertz CT molecular complexity index is 1780. The van der Waals surface area contributed by atoms with Crippen LogP contribution in [-0.4, -0.2) is 44.7 Å². The molecule has 2 fully saturated rings. The van der Waals surface area contributed by atoms with Crippen LogP contribution in [0.25, 0.3) is 11.0 Å². The summed E-state index contributed by atoms with van der Waals surface area (Å²) in [6.45, 7) is 3.10. The number of benzene rings is 3. The number of ether oxygens (including phenoxy) is 2. The van der Waals surface area contributed by atoms with Crippen LogP contribution in [0.4, 0.5) is 4.39 Å².